The molecule has 6 heteroatoms. The van der Waals surface area contributed by atoms with Crippen LogP contribution in [0.1, 0.15) is 10.5 Å². The van der Waals surface area contributed by atoms with Crippen molar-refractivity contribution in [2.24, 2.45) is 7.05 Å². The van der Waals surface area contributed by atoms with Crippen LogP contribution in [0.3, 0.4) is 0 Å². The third-order valence-corrected chi connectivity index (χ3v) is 3.45. The highest BCUT2D eigenvalue weighted by atomic mass is 79.9. The zero-order valence-corrected chi connectivity index (χ0v) is 11.3. The first-order valence-corrected chi connectivity index (χ1v) is 6.14. The molecule has 1 aromatic heterocycles. The second kappa shape index (κ2) is 4.80. The maximum Gasteiger partial charge on any atom is 0.270 e. The molecule has 0 aliphatic carbocycles. The lowest BCUT2D eigenvalue weighted by Gasteiger charge is -2.15. The number of hydrogen-bond acceptors (Lipinski definition) is 3. The number of likely N-dealkylation sites (tertiary alicyclic amines) is 1. The van der Waals surface area contributed by atoms with Crippen LogP contribution in [-0.2, 0) is 11.8 Å². The maximum absolute atomic E-state index is 12.2. The van der Waals surface area contributed by atoms with Gasteiger partial charge < -0.3 is 19.3 Å². The monoisotopic (exact) mass is 302 g/mol. The minimum atomic E-state index is -0.604. The molecule has 1 fully saturated rings. The molecule has 0 saturated carbocycles. The summed E-state index contributed by atoms with van der Waals surface area (Å²) in [7, 11) is 3.36. The molecule has 0 radical (unpaired) electrons. The standard InChI is InChI=1S/C11H15BrN2O3/c1-13-4-7(12)3-8(13)11(16)14-5-9(15)10(6-14)17-2/h3-4,9-10,15H,5-6H2,1-2H3/t9-,10-/m0/s1. The van der Waals surface area contributed by atoms with Gasteiger partial charge in [-0.2, -0.15) is 0 Å². The molecule has 17 heavy (non-hydrogen) atoms. The van der Waals surface area contributed by atoms with Crippen LogP contribution in [0.15, 0.2) is 16.7 Å². The average Bonchev–Trinajstić information content (AvgIpc) is 2.80. The predicted molar refractivity (Wildman–Crippen MR) is 65.8 cm³/mol. The molecule has 2 atom stereocenters. The van der Waals surface area contributed by atoms with Crippen molar-refractivity contribution in [3.63, 3.8) is 0 Å². The number of ether oxygens (including phenoxy) is 1. The maximum atomic E-state index is 12.2. The molecule has 0 aromatic carbocycles. The number of halogens is 1. The summed E-state index contributed by atoms with van der Waals surface area (Å²) in [5.74, 6) is -0.0863. The Bertz CT molecular complexity index is 432. The van der Waals surface area contributed by atoms with Gasteiger partial charge in [0.2, 0.25) is 0 Å². The normalized spacial score (nSPS) is 24.4. The van der Waals surface area contributed by atoms with Crippen molar-refractivity contribution in [3.8, 4) is 0 Å². The van der Waals surface area contributed by atoms with Gasteiger partial charge in [-0.25, -0.2) is 0 Å². The number of carbonyl (C=O) groups excluding carboxylic acids is 1. The van der Waals surface area contributed by atoms with Gasteiger partial charge in [-0.05, 0) is 22.0 Å². The SMILES string of the molecule is CO[C@H]1CN(C(=O)c2cc(Br)cn2C)C[C@@H]1O. The average molecular weight is 303 g/mol. The van der Waals surface area contributed by atoms with Gasteiger partial charge in [0.1, 0.15) is 11.8 Å². The van der Waals surface area contributed by atoms with Gasteiger partial charge in [-0.3, -0.25) is 4.79 Å². The Kier molecular flexibility index (Phi) is 3.56. The van der Waals surface area contributed by atoms with Gasteiger partial charge >= 0.3 is 0 Å². The van der Waals surface area contributed by atoms with Crippen LogP contribution in [0.2, 0.25) is 0 Å². The number of aliphatic hydroxyl groups excluding tert-OH is 1. The molecule has 1 aliphatic rings. The van der Waals surface area contributed by atoms with Crippen molar-refractivity contribution < 1.29 is 14.6 Å². The van der Waals surface area contributed by atoms with Gasteiger partial charge in [0.15, 0.2) is 0 Å². The number of β-amino-alcohol motifs (C(OH)–C–C–N with tert-alkyl or cyclic N) is 1. The minimum Gasteiger partial charge on any atom is -0.388 e. The van der Waals surface area contributed by atoms with E-state index >= 15 is 0 Å². The van der Waals surface area contributed by atoms with E-state index in [1.165, 1.54) is 0 Å². The van der Waals surface area contributed by atoms with E-state index in [2.05, 4.69) is 15.9 Å². The molecule has 1 aliphatic heterocycles. The fourth-order valence-electron chi connectivity index (χ4n) is 2.05. The summed E-state index contributed by atoms with van der Waals surface area (Å²) in [6, 6.07) is 1.77. The summed E-state index contributed by atoms with van der Waals surface area (Å²) in [4.78, 5) is 13.8. The molecule has 0 bridgehead atoms. The first kappa shape index (κ1) is 12.6. The molecule has 1 N–H and O–H groups in total. The Morgan fingerprint density at radius 2 is 2.29 bits per heavy atom. The van der Waals surface area contributed by atoms with Crippen molar-refractivity contribution in [1.29, 1.82) is 0 Å². The molecule has 2 rings (SSSR count). The molecular formula is C11H15BrN2O3. The molecule has 0 unspecified atom stereocenters. The predicted octanol–water partition coefficient (Wildman–Crippen LogP) is 0.619. The molecule has 1 amide bonds. The van der Waals surface area contributed by atoms with E-state index in [9.17, 15) is 9.90 Å². The van der Waals surface area contributed by atoms with Gasteiger partial charge in [0, 0.05) is 37.9 Å². The number of aliphatic hydroxyl groups is 1. The third kappa shape index (κ3) is 2.38. The number of carbonyl (C=O) groups is 1. The van der Waals surface area contributed by atoms with Crippen LogP contribution < -0.4 is 0 Å². The van der Waals surface area contributed by atoms with Crippen LogP contribution in [-0.4, -0.2) is 52.9 Å². The summed E-state index contributed by atoms with van der Waals surface area (Å²) >= 11 is 3.33. The number of methoxy groups -OCH3 is 1. The zero-order valence-electron chi connectivity index (χ0n) is 9.76. The Morgan fingerprint density at radius 3 is 2.76 bits per heavy atom. The molecule has 0 spiro atoms. The topological polar surface area (TPSA) is 54.7 Å². The smallest absolute Gasteiger partial charge is 0.270 e. The van der Waals surface area contributed by atoms with E-state index in [1.54, 1.807) is 22.6 Å². The summed E-state index contributed by atoms with van der Waals surface area (Å²) in [6.45, 7) is 0.749. The molecule has 2 heterocycles. The third-order valence-electron chi connectivity index (χ3n) is 3.02. The highest BCUT2D eigenvalue weighted by molar-refractivity contribution is 9.10. The zero-order chi connectivity index (χ0) is 12.6. The molecule has 94 valence electrons. The largest absolute Gasteiger partial charge is 0.388 e. The fraction of sp³-hybridized carbons (Fsp3) is 0.545. The van der Waals surface area contributed by atoms with E-state index in [-0.39, 0.29) is 12.0 Å². The van der Waals surface area contributed by atoms with Gasteiger partial charge in [-0.1, -0.05) is 0 Å². The van der Waals surface area contributed by atoms with E-state index in [4.69, 9.17) is 4.74 Å². The second-order valence-electron chi connectivity index (χ2n) is 4.21. The quantitative estimate of drug-likeness (QED) is 0.871. The Morgan fingerprint density at radius 1 is 1.59 bits per heavy atom. The van der Waals surface area contributed by atoms with E-state index in [1.807, 2.05) is 13.2 Å². The summed E-state index contributed by atoms with van der Waals surface area (Å²) in [5.41, 5.74) is 0.598. The Balaban J connectivity index is 2.14. The summed E-state index contributed by atoms with van der Waals surface area (Å²) < 4.78 is 7.75. The lowest BCUT2D eigenvalue weighted by molar-refractivity contribution is 0.0215. The van der Waals surface area contributed by atoms with Crippen molar-refractivity contribution >= 4 is 21.8 Å². The number of rotatable bonds is 2. The van der Waals surface area contributed by atoms with E-state index < -0.39 is 6.10 Å². The lowest BCUT2D eigenvalue weighted by Crippen LogP contribution is -2.31. The van der Waals surface area contributed by atoms with Crippen LogP contribution >= 0.6 is 15.9 Å². The summed E-state index contributed by atoms with van der Waals surface area (Å²) in [6.07, 6.45) is 0.934. The van der Waals surface area contributed by atoms with Crippen LogP contribution in [0.5, 0.6) is 0 Å². The Hall–Kier alpha value is -0.850. The number of amides is 1. The number of hydrogen-bond donors (Lipinski definition) is 1. The molecular weight excluding hydrogens is 288 g/mol. The first-order valence-electron chi connectivity index (χ1n) is 5.35. The van der Waals surface area contributed by atoms with Crippen molar-refractivity contribution in [2.45, 2.75) is 12.2 Å². The number of aryl methyl sites for hydroxylation is 1. The van der Waals surface area contributed by atoms with Crippen molar-refractivity contribution in [1.82, 2.24) is 9.47 Å². The number of aromatic nitrogens is 1. The van der Waals surface area contributed by atoms with Crippen LogP contribution in [0, 0.1) is 0 Å². The van der Waals surface area contributed by atoms with Crippen LogP contribution in [0.25, 0.3) is 0 Å². The van der Waals surface area contributed by atoms with E-state index in [0.717, 1.165) is 4.47 Å². The van der Waals surface area contributed by atoms with Gasteiger partial charge in [0.25, 0.3) is 5.91 Å². The fourth-order valence-corrected chi connectivity index (χ4v) is 2.58. The molecule has 1 aromatic rings. The minimum absolute atomic E-state index is 0.0863. The first-order chi connectivity index (χ1) is 8.02. The second-order valence-corrected chi connectivity index (χ2v) is 5.12. The van der Waals surface area contributed by atoms with Gasteiger partial charge in [0.05, 0.1) is 6.10 Å². The van der Waals surface area contributed by atoms with Gasteiger partial charge in [-0.15, -0.1) is 0 Å². The molecule has 1 saturated heterocycles. The lowest BCUT2D eigenvalue weighted by atomic mass is 10.3. The highest BCUT2D eigenvalue weighted by Crippen LogP contribution is 2.19. The number of nitrogens with zero attached hydrogens (tertiary/aromatic N) is 2. The van der Waals surface area contributed by atoms with Crippen LogP contribution in [0.4, 0.5) is 0 Å². The van der Waals surface area contributed by atoms with E-state index in [0.29, 0.717) is 18.8 Å². The van der Waals surface area contributed by atoms with Crippen molar-refractivity contribution in [3.05, 3.63) is 22.4 Å². The molecule has 5 nitrogen and oxygen atoms in total. The highest BCUT2D eigenvalue weighted by Gasteiger charge is 2.35. The Labute approximate surface area is 108 Å². The van der Waals surface area contributed by atoms with Crippen molar-refractivity contribution in [2.75, 3.05) is 20.2 Å². The summed E-state index contributed by atoms with van der Waals surface area (Å²) in [5, 5.41) is 9.69.